The van der Waals surface area contributed by atoms with E-state index in [4.69, 9.17) is 10.2 Å². The predicted octanol–water partition coefficient (Wildman–Crippen LogP) is 2.36. The summed E-state index contributed by atoms with van der Waals surface area (Å²) in [6.45, 7) is 0. The molecule has 0 aliphatic rings. The number of nitrogen functional groups attached to an aromatic ring is 1. The highest BCUT2D eigenvalue weighted by molar-refractivity contribution is 8.00. The van der Waals surface area contributed by atoms with E-state index >= 15 is 0 Å². The van der Waals surface area contributed by atoms with Crippen LogP contribution < -0.4 is 5.73 Å². The van der Waals surface area contributed by atoms with Crippen LogP contribution in [0, 0.1) is 0 Å². The zero-order valence-corrected chi connectivity index (χ0v) is 12.6. The number of anilines is 1. The Morgan fingerprint density at radius 1 is 1.29 bits per heavy atom. The van der Waals surface area contributed by atoms with Crippen molar-refractivity contribution in [2.75, 3.05) is 12.0 Å². The van der Waals surface area contributed by atoms with Crippen LogP contribution in [-0.2, 0) is 9.84 Å². The lowest BCUT2D eigenvalue weighted by molar-refractivity contribution is 0.489. The molecule has 0 spiro atoms. The van der Waals surface area contributed by atoms with Gasteiger partial charge in [-0.25, -0.2) is 18.4 Å². The van der Waals surface area contributed by atoms with Crippen LogP contribution in [0.2, 0.25) is 0 Å². The first kappa shape index (κ1) is 13.9. The van der Waals surface area contributed by atoms with Crippen molar-refractivity contribution in [2.24, 2.45) is 0 Å². The van der Waals surface area contributed by atoms with Crippen molar-refractivity contribution in [3.8, 4) is 0 Å². The van der Waals surface area contributed by atoms with Crippen LogP contribution in [0.25, 0.3) is 11.1 Å². The van der Waals surface area contributed by atoms with Gasteiger partial charge in [0, 0.05) is 18.1 Å². The zero-order chi connectivity index (χ0) is 15.0. The van der Waals surface area contributed by atoms with E-state index in [1.807, 2.05) is 0 Å². The largest absolute Gasteiger partial charge is 0.431 e. The molecule has 3 aromatic rings. The van der Waals surface area contributed by atoms with Crippen LogP contribution in [0.15, 0.2) is 56.1 Å². The van der Waals surface area contributed by atoms with Crippen molar-refractivity contribution in [2.45, 2.75) is 15.1 Å². The number of fused-ring (bicyclic) bond motifs is 1. The molecule has 0 fully saturated rings. The third-order valence-corrected chi connectivity index (χ3v) is 4.84. The second kappa shape index (κ2) is 5.05. The number of aromatic nitrogens is 2. The van der Waals surface area contributed by atoms with Gasteiger partial charge in [0.25, 0.3) is 5.22 Å². The molecule has 0 amide bonds. The van der Waals surface area contributed by atoms with E-state index in [2.05, 4.69) is 9.97 Å². The Balaban J connectivity index is 2.03. The molecule has 1 aromatic carbocycles. The minimum absolute atomic E-state index is 0.150. The fourth-order valence-corrected chi connectivity index (χ4v) is 3.78. The molecular weight excluding hydrogens is 310 g/mol. The number of hydrogen-bond donors (Lipinski definition) is 1. The number of nitrogens with zero attached hydrogens (tertiary/aromatic N) is 2. The predicted molar refractivity (Wildman–Crippen MR) is 79.9 cm³/mol. The Morgan fingerprint density at radius 3 is 2.86 bits per heavy atom. The van der Waals surface area contributed by atoms with Gasteiger partial charge in [-0.3, -0.25) is 0 Å². The standard InChI is InChI=1S/C13H11N3O3S2/c1-21(17,18)11-3-2-6-15-12(11)20-13-16-9-7-8(14)4-5-10(9)19-13/h2-7H,14H2,1H3. The van der Waals surface area contributed by atoms with Gasteiger partial charge in [-0.05, 0) is 42.1 Å². The summed E-state index contributed by atoms with van der Waals surface area (Å²) >= 11 is 1.06. The maximum atomic E-state index is 11.7. The number of sulfone groups is 1. The van der Waals surface area contributed by atoms with Crippen LogP contribution in [0.3, 0.4) is 0 Å². The highest BCUT2D eigenvalue weighted by Gasteiger charge is 2.17. The number of rotatable bonds is 3. The first-order valence-corrected chi connectivity index (χ1v) is 8.63. The van der Waals surface area contributed by atoms with E-state index in [1.54, 1.807) is 24.3 Å². The maximum Gasteiger partial charge on any atom is 0.263 e. The molecule has 108 valence electrons. The SMILES string of the molecule is CS(=O)(=O)c1cccnc1Sc1nc2cc(N)ccc2o1. The van der Waals surface area contributed by atoms with E-state index in [9.17, 15) is 8.42 Å². The van der Waals surface area contributed by atoms with Gasteiger partial charge < -0.3 is 10.2 Å². The Bertz CT molecular complexity index is 919. The summed E-state index contributed by atoms with van der Waals surface area (Å²) in [5.41, 5.74) is 7.48. The maximum absolute atomic E-state index is 11.7. The van der Waals surface area contributed by atoms with Gasteiger partial charge in [0.1, 0.15) is 10.5 Å². The smallest absolute Gasteiger partial charge is 0.263 e. The van der Waals surface area contributed by atoms with Crippen LogP contribution in [0.1, 0.15) is 0 Å². The van der Waals surface area contributed by atoms with E-state index in [0.29, 0.717) is 27.0 Å². The van der Waals surface area contributed by atoms with Crippen molar-refractivity contribution >= 4 is 38.4 Å². The summed E-state index contributed by atoms with van der Waals surface area (Å²) in [4.78, 5) is 8.51. The Hall–Kier alpha value is -2.06. The van der Waals surface area contributed by atoms with Crippen molar-refractivity contribution in [3.05, 3.63) is 36.5 Å². The monoisotopic (exact) mass is 321 g/mol. The fourth-order valence-electron chi connectivity index (χ4n) is 1.78. The van der Waals surface area contributed by atoms with Crippen LogP contribution in [0.4, 0.5) is 5.69 Å². The molecule has 0 saturated carbocycles. The Morgan fingerprint density at radius 2 is 2.10 bits per heavy atom. The lowest BCUT2D eigenvalue weighted by Crippen LogP contribution is -2.00. The molecule has 0 aliphatic heterocycles. The number of benzene rings is 1. The quantitative estimate of drug-likeness (QED) is 0.739. The van der Waals surface area contributed by atoms with Gasteiger partial charge in [-0.15, -0.1) is 0 Å². The summed E-state index contributed by atoms with van der Waals surface area (Å²) in [5, 5.41) is 0.652. The molecule has 0 unspecified atom stereocenters. The normalized spacial score (nSPS) is 11.9. The highest BCUT2D eigenvalue weighted by Crippen LogP contribution is 2.32. The minimum Gasteiger partial charge on any atom is -0.431 e. The molecule has 3 rings (SSSR count). The third kappa shape index (κ3) is 2.86. The summed E-state index contributed by atoms with van der Waals surface area (Å²) in [7, 11) is -3.36. The second-order valence-electron chi connectivity index (χ2n) is 4.39. The highest BCUT2D eigenvalue weighted by atomic mass is 32.2. The summed E-state index contributed by atoms with van der Waals surface area (Å²) in [6, 6.07) is 8.21. The lowest BCUT2D eigenvalue weighted by atomic mass is 10.3. The van der Waals surface area contributed by atoms with Gasteiger partial charge in [0.05, 0.1) is 4.90 Å². The molecule has 2 N–H and O–H groups in total. The fraction of sp³-hybridized carbons (Fsp3) is 0.0769. The minimum atomic E-state index is -3.36. The number of nitrogens with two attached hydrogens (primary N) is 1. The van der Waals surface area contributed by atoms with E-state index in [1.165, 1.54) is 12.3 Å². The summed E-state index contributed by atoms with van der Waals surface area (Å²) < 4.78 is 29.0. The number of oxazole rings is 1. The third-order valence-electron chi connectivity index (χ3n) is 2.71. The molecule has 0 bridgehead atoms. The Labute approximate surface area is 125 Å². The Kier molecular flexibility index (Phi) is 3.34. The molecular formula is C13H11N3O3S2. The van der Waals surface area contributed by atoms with Crippen molar-refractivity contribution in [1.29, 1.82) is 0 Å². The van der Waals surface area contributed by atoms with Crippen LogP contribution in [-0.4, -0.2) is 24.6 Å². The van der Waals surface area contributed by atoms with E-state index in [0.717, 1.165) is 18.0 Å². The van der Waals surface area contributed by atoms with Gasteiger partial charge in [0.2, 0.25) is 0 Å². The molecule has 0 saturated heterocycles. The second-order valence-corrected chi connectivity index (χ2v) is 7.31. The first-order valence-electron chi connectivity index (χ1n) is 5.92. The average molecular weight is 321 g/mol. The van der Waals surface area contributed by atoms with Gasteiger partial charge in [-0.2, -0.15) is 0 Å². The van der Waals surface area contributed by atoms with Crippen molar-refractivity contribution in [3.63, 3.8) is 0 Å². The summed E-state index contributed by atoms with van der Waals surface area (Å²) in [5.74, 6) is 0. The first-order chi connectivity index (χ1) is 9.93. The van der Waals surface area contributed by atoms with Crippen LogP contribution in [0.5, 0.6) is 0 Å². The van der Waals surface area contributed by atoms with Crippen LogP contribution >= 0.6 is 11.8 Å². The molecule has 0 atom stereocenters. The molecule has 6 nitrogen and oxygen atoms in total. The summed E-state index contributed by atoms with van der Waals surface area (Å²) in [6.07, 6.45) is 2.67. The van der Waals surface area contributed by atoms with Gasteiger partial charge >= 0.3 is 0 Å². The van der Waals surface area contributed by atoms with Crippen molar-refractivity contribution in [1.82, 2.24) is 9.97 Å². The van der Waals surface area contributed by atoms with E-state index in [-0.39, 0.29) is 4.90 Å². The molecule has 2 aromatic heterocycles. The van der Waals surface area contributed by atoms with Crippen molar-refractivity contribution < 1.29 is 12.8 Å². The van der Waals surface area contributed by atoms with E-state index < -0.39 is 9.84 Å². The van der Waals surface area contributed by atoms with Gasteiger partial charge in [0.15, 0.2) is 15.4 Å². The molecule has 8 heteroatoms. The molecule has 0 radical (unpaired) electrons. The number of hydrogen-bond acceptors (Lipinski definition) is 7. The average Bonchev–Trinajstić information content (AvgIpc) is 2.79. The zero-order valence-electron chi connectivity index (χ0n) is 11.0. The van der Waals surface area contributed by atoms with Gasteiger partial charge in [-0.1, -0.05) is 0 Å². The number of pyridine rings is 1. The molecule has 0 aliphatic carbocycles. The topological polar surface area (TPSA) is 99.1 Å². The molecule has 2 heterocycles. The lowest BCUT2D eigenvalue weighted by Gasteiger charge is -2.03. The molecule has 21 heavy (non-hydrogen) atoms.